The quantitative estimate of drug-likeness (QED) is 0.760. The summed E-state index contributed by atoms with van der Waals surface area (Å²) in [6.07, 6.45) is 3.19. The first-order valence-electron chi connectivity index (χ1n) is 6.69. The molecule has 3 N–H and O–H groups in total. The number of aromatic amines is 1. The largest absolute Gasteiger partial charge is 0.480 e. The van der Waals surface area contributed by atoms with Crippen molar-refractivity contribution in [2.45, 2.75) is 32.2 Å². The molecule has 0 spiro atoms. The minimum atomic E-state index is -1.11. The molecule has 21 heavy (non-hydrogen) atoms. The van der Waals surface area contributed by atoms with E-state index >= 15 is 0 Å². The van der Waals surface area contributed by atoms with Crippen LogP contribution in [0, 0.1) is 5.82 Å². The van der Waals surface area contributed by atoms with Crippen molar-refractivity contribution >= 4 is 22.9 Å². The Bertz CT molecular complexity index is 669. The summed E-state index contributed by atoms with van der Waals surface area (Å²) in [5.74, 6) is -2.33. The lowest BCUT2D eigenvalue weighted by Gasteiger charge is -2.14. The van der Waals surface area contributed by atoms with E-state index in [1.54, 1.807) is 0 Å². The monoisotopic (exact) mass is 293 g/mol. The van der Waals surface area contributed by atoms with Gasteiger partial charge in [0.2, 0.25) is 0 Å². The highest BCUT2D eigenvalue weighted by atomic mass is 19.1. The van der Waals surface area contributed by atoms with Crippen LogP contribution in [0.4, 0.5) is 4.39 Å². The molecule has 0 fully saturated rings. The molecule has 0 saturated carbocycles. The van der Waals surface area contributed by atoms with Gasteiger partial charge in [-0.15, -0.1) is 0 Å². The van der Waals surface area contributed by atoms with Crippen LogP contribution < -0.4 is 5.32 Å². The number of aromatic nitrogens is 2. The Hall–Kier alpha value is -2.44. The molecule has 1 amide bonds. The molecule has 2 aromatic rings. The second kappa shape index (κ2) is 6.34. The molecule has 0 aliphatic heterocycles. The van der Waals surface area contributed by atoms with Crippen molar-refractivity contribution in [3.05, 3.63) is 29.8 Å². The van der Waals surface area contributed by atoms with Gasteiger partial charge in [0.05, 0.1) is 17.4 Å². The van der Waals surface area contributed by atoms with Crippen molar-refractivity contribution in [3.8, 4) is 0 Å². The third-order valence-electron chi connectivity index (χ3n) is 3.18. The molecule has 2 rings (SSSR count). The van der Waals surface area contributed by atoms with Gasteiger partial charge in [-0.05, 0) is 18.6 Å². The number of halogens is 1. The molecular weight excluding hydrogens is 277 g/mol. The summed E-state index contributed by atoms with van der Waals surface area (Å²) in [5, 5.41) is 11.5. The molecule has 1 atom stereocenters. The Balaban J connectivity index is 2.25. The lowest BCUT2D eigenvalue weighted by atomic mass is 10.1. The highest BCUT2D eigenvalue weighted by molar-refractivity contribution is 6.05. The zero-order valence-corrected chi connectivity index (χ0v) is 11.5. The minimum absolute atomic E-state index is 0.0222. The van der Waals surface area contributed by atoms with Crippen LogP contribution in [-0.2, 0) is 4.79 Å². The first kappa shape index (κ1) is 15.0. The maximum atomic E-state index is 13.5. The number of hydrogen-bond donors (Lipinski definition) is 3. The third kappa shape index (κ3) is 3.36. The molecule has 0 radical (unpaired) electrons. The van der Waals surface area contributed by atoms with Gasteiger partial charge in [-0.3, -0.25) is 4.79 Å². The standard InChI is InChI=1S/C14H16FN3O3/c1-2-3-4-10(14(20)21)18-13(19)9-5-8(15)6-11-12(9)17-7-16-11/h5-7,10H,2-4H2,1H3,(H,16,17)(H,18,19)(H,20,21). The predicted molar refractivity (Wildman–Crippen MR) is 74.5 cm³/mol. The number of benzene rings is 1. The summed E-state index contributed by atoms with van der Waals surface area (Å²) in [6.45, 7) is 1.93. The number of carboxylic acid groups (broad SMARTS) is 1. The van der Waals surface area contributed by atoms with Crippen LogP contribution in [0.2, 0.25) is 0 Å². The summed E-state index contributed by atoms with van der Waals surface area (Å²) in [5.41, 5.74) is 0.725. The Kier molecular flexibility index (Phi) is 4.52. The van der Waals surface area contributed by atoms with E-state index in [0.29, 0.717) is 23.9 Å². The van der Waals surface area contributed by atoms with E-state index in [1.807, 2.05) is 6.92 Å². The lowest BCUT2D eigenvalue weighted by molar-refractivity contribution is -0.139. The molecule has 1 aromatic heterocycles. The maximum Gasteiger partial charge on any atom is 0.326 e. The first-order valence-corrected chi connectivity index (χ1v) is 6.69. The van der Waals surface area contributed by atoms with Gasteiger partial charge in [0.15, 0.2) is 0 Å². The Morgan fingerprint density at radius 1 is 1.48 bits per heavy atom. The SMILES string of the molecule is CCCCC(NC(=O)c1cc(F)cc2[nH]cnc12)C(=O)O. The van der Waals surface area contributed by atoms with Crippen molar-refractivity contribution in [1.29, 1.82) is 0 Å². The average molecular weight is 293 g/mol. The van der Waals surface area contributed by atoms with Crippen LogP contribution in [0.15, 0.2) is 18.5 Å². The predicted octanol–water partition coefficient (Wildman–Crippen LogP) is 2.08. The van der Waals surface area contributed by atoms with Crippen LogP contribution >= 0.6 is 0 Å². The molecule has 0 aliphatic rings. The van der Waals surface area contributed by atoms with E-state index in [1.165, 1.54) is 12.4 Å². The number of unbranched alkanes of at least 4 members (excludes halogenated alkanes) is 1. The second-order valence-electron chi connectivity index (χ2n) is 4.76. The number of imidazole rings is 1. The Morgan fingerprint density at radius 2 is 2.24 bits per heavy atom. The molecule has 1 aromatic carbocycles. The fraction of sp³-hybridized carbons (Fsp3) is 0.357. The molecule has 0 saturated heterocycles. The summed E-state index contributed by atoms with van der Waals surface area (Å²) >= 11 is 0. The van der Waals surface area contributed by atoms with Gasteiger partial charge in [0.25, 0.3) is 5.91 Å². The van der Waals surface area contributed by atoms with Crippen molar-refractivity contribution in [1.82, 2.24) is 15.3 Å². The zero-order valence-electron chi connectivity index (χ0n) is 11.5. The molecular formula is C14H16FN3O3. The number of carbonyl (C=O) groups excluding carboxylic acids is 1. The second-order valence-corrected chi connectivity index (χ2v) is 4.76. The summed E-state index contributed by atoms with van der Waals surface area (Å²) in [7, 11) is 0. The van der Waals surface area contributed by atoms with Gasteiger partial charge in [0.1, 0.15) is 17.4 Å². The first-order chi connectivity index (χ1) is 10.0. The van der Waals surface area contributed by atoms with Gasteiger partial charge in [-0.1, -0.05) is 19.8 Å². The van der Waals surface area contributed by atoms with E-state index in [9.17, 15) is 14.0 Å². The van der Waals surface area contributed by atoms with Gasteiger partial charge in [0, 0.05) is 0 Å². The van der Waals surface area contributed by atoms with Crippen molar-refractivity contribution < 1.29 is 19.1 Å². The van der Waals surface area contributed by atoms with E-state index in [-0.39, 0.29) is 5.56 Å². The van der Waals surface area contributed by atoms with Crippen molar-refractivity contribution in [3.63, 3.8) is 0 Å². The van der Waals surface area contributed by atoms with E-state index in [2.05, 4.69) is 15.3 Å². The van der Waals surface area contributed by atoms with Crippen molar-refractivity contribution in [2.75, 3.05) is 0 Å². The lowest BCUT2D eigenvalue weighted by Crippen LogP contribution is -2.40. The zero-order chi connectivity index (χ0) is 15.4. The van der Waals surface area contributed by atoms with Crippen LogP contribution in [-0.4, -0.2) is 33.0 Å². The van der Waals surface area contributed by atoms with Crippen molar-refractivity contribution in [2.24, 2.45) is 0 Å². The summed E-state index contributed by atoms with van der Waals surface area (Å²) in [4.78, 5) is 30.0. The Labute approximate surface area is 120 Å². The van der Waals surface area contributed by atoms with Crippen LogP contribution in [0.25, 0.3) is 11.0 Å². The molecule has 1 unspecified atom stereocenters. The number of aliphatic carboxylic acids is 1. The molecule has 0 aliphatic carbocycles. The van der Waals surface area contributed by atoms with Gasteiger partial charge in [-0.2, -0.15) is 0 Å². The van der Waals surface area contributed by atoms with Gasteiger partial charge in [-0.25, -0.2) is 14.2 Å². The van der Waals surface area contributed by atoms with Crippen LogP contribution in [0.3, 0.4) is 0 Å². The number of carbonyl (C=O) groups is 2. The number of carboxylic acids is 1. The smallest absolute Gasteiger partial charge is 0.326 e. The average Bonchev–Trinajstić information content (AvgIpc) is 2.89. The summed E-state index contributed by atoms with van der Waals surface area (Å²) < 4.78 is 13.5. The number of rotatable bonds is 6. The number of hydrogen-bond acceptors (Lipinski definition) is 3. The number of nitrogens with one attached hydrogen (secondary N) is 2. The van der Waals surface area contributed by atoms with E-state index in [0.717, 1.165) is 12.5 Å². The van der Waals surface area contributed by atoms with E-state index < -0.39 is 23.7 Å². The highest BCUT2D eigenvalue weighted by Gasteiger charge is 2.22. The van der Waals surface area contributed by atoms with Gasteiger partial charge >= 0.3 is 5.97 Å². The molecule has 6 nitrogen and oxygen atoms in total. The minimum Gasteiger partial charge on any atom is -0.480 e. The number of nitrogens with zero attached hydrogens (tertiary/aromatic N) is 1. The number of fused-ring (bicyclic) bond motifs is 1. The molecule has 112 valence electrons. The molecule has 1 heterocycles. The van der Waals surface area contributed by atoms with Crippen LogP contribution in [0.5, 0.6) is 0 Å². The maximum absolute atomic E-state index is 13.5. The van der Waals surface area contributed by atoms with E-state index in [4.69, 9.17) is 5.11 Å². The normalized spacial score (nSPS) is 12.3. The molecule has 7 heteroatoms. The highest BCUT2D eigenvalue weighted by Crippen LogP contribution is 2.17. The van der Waals surface area contributed by atoms with Crippen LogP contribution in [0.1, 0.15) is 36.5 Å². The number of amides is 1. The third-order valence-corrected chi connectivity index (χ3v) is 3.18. The van der Waals surface area contributed by atoms with Gasteiger partial charge < -0.3 is 15.4 Å². The fourth-order valence-electron chi connectivity index (χ4n) is 2.09. The fourth-order valence-corrected chi connectivity index (χ4v) is 2.09. The summed E-state index contributed by atoms with van der Waals surface area (Å²) in [6, 6.07) is 1.29. The number of H-pyrrole nitrogens is 1. The Morgan fingerprint density at radius 3 is 2.90 bits per heavy atom. The topological polar surface area (TPSA) is 95.1 Å². The molecule has 0 bridgehead atoms.